The van der Waals surface area contributed by atoms with Crippen molar-refractivity contribution in [1.29, 1.82) is 0 Å². The fraction of sp³-hybridized carbons (Fsp3) is 0.520. The first-order chi connectivity index (χ1) is 18.4. The predicted molar refractivity (Wildman–Crippen MR) is 140 cm³/mol. The lowest BCUT2D eigenvalue weighted by atomic mass is 10.0. The Hall–Kier alpha value is -4.04. The molecule has 0 aliphatic rings. The van der Waals surface area contributed by atoms with Gasteiger partial charge in [-0.05, 0) is 37.8 Å². The third-order valence-corrected chi connectivity index (χ3v) is 5.80. The van der Waals surface area contributed by atoms with E-state index in [9.17, 15) is 33.9 Å². The van der Waals surface area contributed by atoms with Crippen LogP contribution >= 0.6 is 0 Å². The van der Waals surface area contributed by atoms with Crippen molar-refractivity contribution in [2.45, 2.75) is 75.5 Å². The molecule has 0 saturated heterocycles. The van der Waals surface area contributed by atoms with Crippen molar-refractivity contribution >= 4 is 35.6 Å². The number of carboxylic acids is 2. The lowest BCUT2D eigenvalue weighted by molar-refractivity contribution is -0.142. The van der Waals surface area contributed by atoms with Crippen molar-refractivity contribution in [3.8, 4) is 0 Å². The Bertz CT molecular complexity index is 990. The second-order valence-corrected chi connectivity index (χ2v) is 9.04. The monoisotopic (exact) mass is 550 g/mol. The zero-order chi connectivity index (χ0) is 29.4. The lowest BCUT2D eigenvalue weighted by Gasteiger charge is -2.25. The molecule has 0 saturated carbocycles. The molecule has 4 unspecified atom stereocenters. The van der Waals surface area contributed by atoms with Crippen molar-refractivity contribution in [1.82, 2.24) is 16.0 Å². The number of carbonyl (C=O) groups excluding carboxylic acids is 4. The van der Waals surface area contributed by atoms with Gasteiger partial charge in [-0.15, -0.1) is 0 Å². The van der Waals surface area contributed by atoms with E-state index in [1.54, 1.807) is 30.3 Å². The first kappa shape index (κ1) is 33.0. The smallest absolute Gasteiger partial charge is 0.326 e. The Morgan fingerprint density at radius 3 is 1.79 bits per heavy atom. The third-order valence-electron chi connectivity index (χ3n) is 5.80. The van der Waals surface area contributed by atoms with Crippen molar-refractivity contribution in [2.24, 2.45) is 17.2 Å². The van der Waals surface area contributed by atoms with Gasteiger partial charge in [-0.25, -0.2) is 4.79 Å². The van der Waals surface area contributed by atoms with Gasteiger partial charge in [-0.2, -0.15) is 0 Å². The minimum absolute atomic E-state index is 0.0439. The molecule has 1 rings (SSSR count). The molecule has 0 aliphatic carbocycles. The number of primary amides is 1. The first-order valence-corrected chi connectivity index (χ1v) is 12.6. The normalized spacial score (nSPS) is 13.8. The second kappa shape index (κ2) is 17.5. The Labute approximate surface area is 226 Å². The molecule has 0 heterocycles. The Kier molecular flexibility index (Phi) is 14.8. The number of carbonyl (C=O) groups is 6. The summed E-state index contributed by atoms with van der Waals surface area (Å²) < 4.78 is 0. The topological polar surface area (TPSA) is 257 Å². The highest BCUT2D eigenvalue weighted by atomic mass is 16.4. The molecular weight excluding hydrogens is 512 g/mol. The molecule has 0 aliphatic heterocycles. The molecule has 216 valence electrons. The van der Waals surface area contributed by atoms with E-state index in [0.717, 1.165) is 0 Å². The number of amides is 4. The van der Waals surface area contributed by atoms with E-state index in [0.29, 0.717) is 24.9 Å². The largest absolute Gasteiger partial charge is 0.481 e. The number of aliphatic carboxylic acids is 2. The summed E-state index contributed by atoms with van der Waals surface area (Å²) in [6.45, 7) is 0.417. The van der Waals surface area contributed by atoms with Crippen LogP contribution in [0.1, 0.15) is 50.5 Å². The first-order valence-electron chi connectivity index (χ1n) is 12.6. The lowest BCUT2D eigenvalue weighted by Crippen LogP contribution is -2.57. The van der Waals surface area contributed by atoms with E-state index < -0.39 is 66.2 Å². The van der Waals surface area contributed by atoms with Crippen LogP contribution in [-0.2, 0) is 35.2 Å². The molecule has 0 aromatic heterocycles. The highest BCUT2D eigenvalue weighted by Crippen LogP contribution is 2.07. The van der Waals surface area contributed by atoms with Gasteiger partial charge in [-0.1, -0.05) is 36.8 Å². The van der Waals surface area contributed by atoms with Gasteiger partial charge in [0, 0.05) is 19.3 Å². The Morgan fingerprint density at radius 1 is 0.744 bits per heavy atom. The number of hydrogen-bond donors (Lipinski definition) is 8. The molecular formula is C25H38N6O8. The van der Waals surface area contributed by atoms with Crippen LogP contribution in [0.25, 0.3) is 0 Å². The highest BCUT2D eigenvalue weighted by molar-refractivity contribution is 5.94. The molecule has 39 heavy (non-hydrogen) atoms. The van der Waals surface area contributed by atoms with Gasteiger partial charge >= 0.3 is 11.9 Å². The molecule has 0 radical (unpaired) electrons. The number of benzene rings is 1. The molecule has 0 spiro atoms. The van der Waals surface area contributed by atoms with Gasteiger partial charge < -0.3 is 43.4 Å². The Balaban J connectivity index is 3.02. The standard InChI is InChI=1S/C25H38N6O8/c26-13-5-4-8-16(27)22(35)29-18(10-12-21(33)34)23(36)30-17(9-11-20(28)32)24(37)31-19(25(38)39)14-15-6-2-1-3-7-15/h1-3,6-7,16-19H,4-5,8-14,26-27H2,(H2,28,32)(H,29,35)(H,30,36)(H,31,37)(H,33,34)(H,38,39). The van der Waals surface area contributed by atoms with Gasteiger partial charge in [0.15, 0.2) is 0 Å². The molecule has 14 heteroatoms. The average molecular weight is 551 g/mol. The van der Waals surface area contributed by atoms with E-state index in [2.05, 4.69) is 16.0 Å². The Morgan fingerprint density at radius 2 is 1.28 bits per heavy atom. The SMILES string of the molecule is NCCCCC(N)C(=O)NC(CCC(=O)O)C(=O)NC(CCC(N)=O)C(=O)NC(Cc1ccccc1)C(=O)O. The fourth-order valence-corrected chi connectivity index (χ4v) is 3.60. The van der Waals surface area contributed by atoms with Crippen LogP contribution in [0.4, 0.5) is 0 Å². The van der Waals surface area contributed by atoms with E-state index in [4.69, 9.17) is 22.3 Å². The van der Waals surface area contributed by atoms with Crippen molar-refractivity contribution in [3.63, 3.8) is 0 Å². The summed E-state index contributed by atoms with van der Waals surface area (Å²) in [5, 5.41) is 25.8. The van der Waals surface area contributed by atoms with Crippen LogP contribution in [-0.4, -0.2) is 76.5 Å². The van der Waals surface area contributed by atoms with Crippen molar-refractivity contribution in [3.05, 3.63) is 35.9 Å². The second-order valence-electron chi connectivity index (χ2n) is 9.04. The van der Waals surface area contributed by atoms with Gasteiger partial charge in [0.1, 0.15) is 18.1 Å². The van der Waals surface area contributed by atoms with E-state index in [1.165, 1.54) is 0 Å². The maximum Gasteiger partial charge on any atom is 0.326 e. The third kappa shape index (κ3) is 13.4. The molecule has 1 aromatic rings. The highest BCUT2D eigenvalue weighted by Gasteiger charge is 2.31. The summed E-state index contributed by atoms with van der Waals surface area (Å²) in [6.07, 6.45) is 0.100. The van der Waals surface area contributed by atoms with E-state index in [1.807, 2.05) is 0 Å². The van der Waals surface area contributed by atoms with Crippen molar-refractivity contribution < 1.29 is 39.0 Å². The zero-order valence-electron chi connectivity index (χ0n) is 21.6. The number of carboxylic acid groups (broad SMARTS) is 2. The van der Waals surface area contributed by atoms with E-state index >= 15 is 0 Å². The van der Waals surface area contributed by atoms with Crippen molar-refractivity contribution in [2.75, 3.05) is 6.54 Å². The van der Waals surface area contributed by atoms with Gasteiger partial charge in [0.2, 0.25) is 23.6 Å². The predicted octanol–water partition coefficient (Wildman–Crippen LogP) is -1.65. The minimum atomic E-state index is -1.40. The summed E-state index contributed by atoms with van der Waals surface area (Å²) in [5.41, 5.74) is 17.1. The number of hydrogen-bond acceptors (Lipinski definition) is 8. The van der Waals surface area contributed by atoms with Gasteiger partial charge in [-0.3, -0.25) is 24.0 Å². The maximum atomic E-state index is 13.1. The van der Waals surface area contributed by atoms with Crippen LogP contribution in [0.3, 0.4) is 0 Å². The number of unbranched alkanes of at least 4 members (excludes halogenated alkanes) is 1. The van der Waals surface area contributed by atoms with E-state index in [-0.39, 0.29) is 32.1 Å². The molecule has 14 nitrogen and oxygen atoms in total. The molecule has 4 amide bonds. The van der Waals surface area contributed by atoms with Gasteiger partial charge in [0.05, 0.1) is 6.04 Å². The number of nitrogens with one attached hydrogen (secondary N) is 3. The maximum absolute atomic E-state index is 13.1. The van der Waals surface area contributed by atoms with Crippen LogP contribution < -0.4 is 33.2 Å². The molecule has 1 aromatic carbocycles. The fourth-order valence-electron chi connectivity index (χ4n) is 3.60. The number of nitrogens with two attached hydrogens (primary N) is 3. The minimum Gasteiger partial charge on any atom is -0.481 e. The average Bonchev–Trinajstić information content (AvgIpc) is 2.88. The van der Waals surface area contributed by atoms with Crippen LogP contribution in [0.15, 0.2) is 30.3 Å². The zero-order valence-corrected chi connectivity index (χ0v) is 21.6. The van der Waals surface area contributed by atoms with Gasteiger partial charge in [0.25, 0.3) is 0 Å². The molecule has 11 N–H and O–H groups in total. The number of rotatable bonds is 19. The quantitative estimate of drug-likeness (QED) is 0.0910. The van der Waals surface area contributed by atoms with Crippen LogP contribution in [0.2, 0.25) is 0 Å². The summed E-state index contributed by atoms with van der Waals surface area (Å²) in [6, 6.07) is 3.46. The summed E-state index contributed by atoms with van der Waals surface area (Å²) in [5.74, 6) is -5.79. The summed E-state index contributed by atoms with van der Waals surface area (Å²) in [7, 11) is 0. The molecule has 0 fully saturated rings. The van der Waals surface area contributed by atoms with Crippen LogP contribution in [0.5, 0.6) is 0 Å². The van der Waals surface area contributed by atoms with Crippen LogP contribution in [0, 0.1) is 0 Å². The molecule has 4 atom stereocenters. The summed E-state index contributed by atoms with van der Waals surface area (Å²) >= 11 is 0. The summed E-state index contributed by atoms with van der Waals surface area (Å²) in [4.78, 5) is 72.9. The molecule has 0 bridgehead atoms.